The Balaban J connectivity index is 1.98. The predicted octanol–water partition coefficient (Wildman–Crippen LogP) is 3.85. The normalized spacial score (nSPS) is 11.0. The number of hydrogen-bond acceptors (Lipinski definition) is 4. The summed E-state index contributed by atoms with van der Waals surface area (Å²) in [4.78, 5) is 22.6. The molecule has 2 aromatic carbocycles. The van der Waals surface area contributed by atoms with E-state index in [0.29, 0.717) is 18.7 Å². The molecule has 0 fully saturated rings. The number of ether oxygens (including phenoxy) is 1. The Labute approximate surface area is 152 Å². The van der Waals surface area contributed by atoms with Crippen molar-refractivity contribution in [3.63, 3.8) is 0 Å². The molecule has 0 atom stereocenters. The van der Waals surface area contributed by atoms with Crippen LogP contribution in [0.5, 0.6) is 0 Å². The summed E-state index contributed by atoms with van der Waals surface area (Å²) < 4.78 is 5.63. The smallest absolute Gasteiger partial charge is 0.276 e. The average molecular weight is 354 g/mol. The number of para-hydroxylation sites is 1. The van der Waals surface area contributed by atoms with Crippen molar-refractivity contribution in [2.24, 2.45) is 0 Å². The standard InChI is InChI=1S/C20H22N2O4/c1-15(2)26-14-18-9-4-3-8-17(18)13-21-20(23)12-11-16-7-5-6-10-19(16)22(24)25/h3-12,15H,13-14H2,1-2H3,(H,21,23)/b12-11+. The molecule has 0 saturated carbocycles. The first kappa shape index (κ1) is 19.3. The summed E-state index contributed by atoms with van der Waals surface area (Å²) in [5.74, 6) is -0.317. The zero-order valence-electron chi connectivity index (χ0n) is 14.8. The van der Waals surface area contributed by atoms with E-state index in [1.54, 1.807) is 18.2 Å². The second-order valence-corrected chi connectivity index (χ2v) is 6.00. The van der Waals surface area contributed by atoms with Crippen molar-refractivity contribution in [3.8, 4) is 0 Å². The Kier molecular flexibility index (Phi) is 7.05. The van der Waals surface area contributed by atoms with E-state index in [1.807, 2.05) is 38.1 Å². The molecule has 6 heteroatoms. The minimum Gasteiger partial charge on any atom is -0.374 e. The maximum atomic E-state index is 12.0. The lowest BCUT2D eigenvalue weighted by Gasteiger charge is -2.12. The monoisotopic (exact) mass is 354 g/mol. The third-order valence-corrected chi connectivity index (χ3v) is 3.69. The van der Waals surface area contributed by atoms with E-state index in [-0.39, 0.29) is 17.7 Å². The van der Waals surface area contributed by atoms with Crippen LogP contribution in [0.3, 0.4) is 0 Å². The molecule has 0 aromatic heterocycles. The first-order chi connectivity index (χ1) is 12.5. The number of amides is 1. The number of nitrogens with one attached hydrogen (secondary N) is 1. The van der Waals surface area contributed by atoms with Crippen molar-refractivity contribution in [2.45, 2.75) is 33.1 Å². The molecule has 2 rings (SSSR count). The molecular formula is C20H22N2O4. The molecule has 1 N–H and O–H groups in total. The van der Waals surface area contributed by atoms with Crippen molar-refractivity contribution in [1.82, 2.24) is 5.32 Å². The molecule has 0 spiro atoms. The molecule has 0 aliphatic rings. The van der Waals surface area contributed by atoms with Gasteiger partial charge in [-0.15, -0.1) is 0 Å². The van der Waals surface area contributed by atoms with Gasteiger partial charge in [0, 0.05) is 18.7 Å². The van der Waals surface area contributed by atoms with E-state index in [4.69, 9.17) is 4.74 Å². The summed E-state index contributed by atoms with van der Waals surface area (Å²) in [6.45, 7) is 4.78. The predicted molar refractivity (Wildman–Crippen MR) is 100 cm³/mol. The lowest BCUT2D eigenvalue weighted by atomic mass is 10.1. The summed E-state index contributed by atoms with van der Waals surface area (Å²) in [5.41, 5.74) is 2.34. The fourth-order valence-electron chi connectivity index (χ4n) is 2.33. The highest BCUT2D eigenvalue weighted by Crippen LogP contribution is 2.18. The van der Waals surface area contributed by atoms with Crippen LogP contribution in [-0.2, 0) is 22.7 Å². The Hall–Kier alpha value is -2.99. The van der Waals surface area contributed by atoms with E-state index >= 15 is 0 Å². The SMILES string of the molecule is CC(C)OCc1ccccc1CNC(=O)/C=C/c1ccccc1[N+](=O)[O-]. The van der Waals surface area contributed by atoms with Gasteiger partial charge in [-0.3, -0.25) is 14.9 Å². The van der Waals surface area contributed by atoms with Crippen LogP contribution >= 0.6 is 0 Å². The topological polar surface area (TPSA) is 81.5 Å². The van der Waals surface area contributed by atoms with Gasteiger partial charge in [0.2, 0.25) is 5.91 Å². The Morgan fingerprint density at radius 2 is 1.81 bits per heavy atom. The maximum absolute atomic E-state index is 12.0. The zero-order chi connectivity index (χ0) is 18.9. The summed E-state index contributed by atoms with van der Waals surface area (Å²) in [6, 6.07) is 14.0. The van der Waals surface area contributed by atoms with Gasteiger partial charge >= 0.3 is 0 Å². The van der Waals surface area contributed by atoms with Crippen LogP contribution in [0.4, 0.5) is 5.69 Å². The number of nitro groups is 1. The van der Waals surface area contributed by atoms with Gasteiger partial charge in [-0.2, -0.15) is 0 Å². The molecule has 0 aliphatic heterocycles. The van der Waals surface area contributed by atoms with E-state index < -0.39 is 4.92 Å². The third kappa shape index (κ3) is 5.82. The molecule has 0 aliphatic carbocycles. The summed E-state index contributed by atoms with van der Waals surface area (Å²) in [5, 5.41) is 13.8. The minimum absolute atomic E-state index is 0.0345. The number of nitrogens with zero attached hydrogens (tertiary/aromatic N) is 1. The van der Waals surface area contributed by atoms with E-state index in [1.165, 1.54) is 18.2 Å². The van der Waals surface area contributed by atoms with Crippen molar-refractivity contribution >= 4 is 17.7 Å². The second-order valence-electron chi connectivity index (χ2n) is 6.00. The Morgan fingerprint density at radius 3 is 2.50 bits per heavy atom. The molecule has 0 unspecified atom stereocenters. The first-order valence-electron chi connectivity index (χ1n) is 8.35. The minimum atomic E-state index is -0.470. The second kappa shape index (κ2) is 9.48. The van der Waals surface area contributed by atoms with Gasteiger partial charge in [-0.25, -0.2) is 0 Å². The first-order valence-corrected chi connectivity index (χ1v) is 8.35. The number of nitro benzene ring substituents is 1. The number of benzene rings is 2. The summed E-state index contributed by atoms with van der Waals surface area (Å²) in [7, 11) is 0. The number of carbonyl (C=O) groups is 1. The highest BCUT2D eigenvalue weighted by Gasteiger charge is 2.10. The van der Waals surface area contributed by atoms with Crippen molar-refractivity contribution in [3.05, 3.63) is 81.4 Å². The fourth-order valence-corrected chi connectivity index (χ4v) is 2.33. The quantitative estimate of drug-likeness (QED) is 0.443. The molecule has 6 nitrogen and oxygen atoms in total. The van der Waals surface area contributed by atoms with E-state index in [0.717, 1.165) is 11.1 Å². The van der Waals surface area contributed by atoms with Crippen LogP contribution < -0.4 is 5.32 Å². The molecule has 2 aromatic rings. The van der Waals surface area contributed by atoms with Gasteiger partial charge in [0.25, 0.3) is 5.69 Å². The highest BCUT2D eigenvalue weighted by atomic mass is 16.6. The van der Waals surface area contributed by atoms with Gasteiger partial charge in [0.05, 0.1) is 23.2 Å². The molecule has 0 heterocycles. The van der Waals surface area contributed by atoms with Crippen molar-refractivity contribution in [2.75, 3.05) is 0 Å². The van der Waals surface area contributed by atoms with E-state index in [9.17, 15) is 14.9 Å². The number of rotatable bonds is 8. The Morgan fingerprint density at radius 1 is 1.15 bits per heavy atom. The fraction of sp³-hybridized carbons (Fsp3) is 0.250. The van der Waals surface area contributed by atoms with Crippen LogP contribution in [-0.4, -0.2) is 16.9 Å². The van der Waals surface area contributed by atoms with Crippen LogP contribution in [0, 0.1) is 10.1 Å². The number of carbonyl (C=O) groups excluding carboxylic acids is 1. The van der Waals surface area contributed by atoms with Crippen molar-refractivity contribution < 1.29 is 14.5 Å². The maximum Gasteiger partial charge on any atom is 0.276 e. The van der Waals surface area contributed by atoms with Crippen LogP contribution in [0.25, 0.3) is 6.08 Å². The summed E-state index contributed by atoms with van der Waals surface area (Å²) in [6.07, 6.45) is 2.87. The lowest BCUT2D eigenvalue weighted by Crippen LogP contribution is -2.21. The third-order valence-electron chi connectivity index (χ3n) is 3.69. The van der Waals surface area contributed by atoms with Crippen LogP contribution in [0.2, 0.25) is 0 Å². The largest absolute Gasteiger partial charge is 0.374 e. The molecule has 0 radical (unpaired) electrons. The van der Waals surface area contributed by atoms with Gasteiger partial charge in [0.15, 0.2) is 0 Å². The molecule has 0 bridgehead atoms. The van der Waals surface area contributed by atoms with Gasteiger partial charge in [0.1, 0.15) is 0 Å². The molecule has 136 valence electrons. The zero-order valence-corrected chi connectivity index (χ0v) is 14.8. The molecule has 1 amide bonds. The van der Waals surface area contributed by atoms with Crippen LogP contribution in [0.1, 0.15) is 30.5 Å². The molecule has 0 saturated heterocycles. The Bertz CT molecular complexity index is 800. The highest BCUT2D eigenvalue weighted by molar-refractivity contribution is 5.92. The molecule has 26 heavy (non-hydrogen) atoms. The number of hydrogen-bond donors (Lipinski definition) is 1. The van der Waals surface area contributed by atoms with Gasteiger partial charge in [-0.1, -0.05) is 36.4 Å². The lowest BCUT2D eigenvalue weighted by molar-refractivity contribution is -0.385. The molecular weight excluding hydrogens is 332 g/mol. The average Bonchev–Trinajstić information content (AvgIpc) is 2.63. The van der Waals surface area contributed by atoms with Gasteiger partial charge < -0.3 is 10.1 Å². The van der Waals surface area contributed by atoms with E-state index in [2.05, 4.69) is 5.32 Å². The summed E-state index contributed by atoms with van der Waals surface area (Å²) >= 11 is 0. The van der Waals surface area contributed by atoms with Gasteiger partial charge in [-0.05, 0) is 37.1 Å². The van der Waals surface area contributed by atoms with Crippen molar-refractivity contribution in [1.29, 1.82) is 0 Å². The van der Waals surface area contributed by atoms with Crippen LogP contribution in [0.15, 0.2) is 54.6 Å².